The highest BCUT2D eigenvalue weighted by molar-refractivity contribution is 9.10. The Hall–Kier alpha value is -0.0600. The quantitative estimate of drug-likeness (QED) is 0.850. The lowest BCUT2D eigenvalue weighted by Crippen LogP contribution is -2.08. The van der Waals surface area contributed by atoms with E-state index in [2.05, 4.69) is 15.9 Å². The van der Waals surface area contributed by atoms with Crippen LogP contribution < -0.4 is 0 Å². The molecule has 1 nitrogen and oxygen atoms in total. The third-order valence-electron chi connectivity index (χ3n) is 2.20. The van der Waals surface area contributed by atoms with Crippen LogP contribution in [0.4, 0.5) is 4.39 Å². The van der Waals surface area contributed by atoms with Gasteiger partial charge in [0.1, 0.15) is 5.82 Å². The smallest absolute Gasteiger partial charge is 0.142 e. The first kappa shape index (κ1) is 13.0. The van der Waals surface area contributed by atoms with E-state index < -0.39 is 6.10 Å². The van der Waals surface area contributed by atoms with Gasteiger partial charge in [-0.3, -0.25) is 0 Å². The van der Waals surface area contributed by atoms with E-state index in [1.807, 2.05) is 20.1 Å². The van der Waals surface area contributed by atoms with Crippen LogP contribution in [0.2, 0.25) is 0 Å². The first-order valence-corrected chi connectivity index (χ1v) is 6.70. The molecular formula is C11H14BrFOS. The van der Waals surface area contributed by atoms with Crippen LogP contribution >= 0.6 is 27.7 Å². The SMILES string of the molecule is CSc1cc(Br)cc(C(O)C(C)C)c1F. The minimum atomic E-state index is -0.756. The number of hydrogen-bond acceptors (Lipinski definition) is 2. The third-order valence-corrected chi connectivity index (χ3v) is 3.40. The molecule has 1 N–H and O–H groups in total. The predicted octanol–water partition coefficient (Wildman–Crippen LogP) is 4.00. The van der Waals surface area contributed by atoms with Crippen LogP contribution in [0.15, 0.2) is 21.5 Å². The largest absolute Gasteiger partial charge is 0.388 e. The van der Waals surface area contributed by atoms with Crippen LogP contribution in [-0.4, -0.2) is 11.4 Å². The topological polar surface area (TPSA) is 20.2 Å². The van der Waals surface area contributed by atoms with E-state index in [9.17, 15) is 9.50 Å². The molecule has 0 saturated carbocycles. The molecule has 0 aromatic heterocycles. The number of rotatable bonds is 3. The van der Waals surface area contributed by atoms with Crippen molar-refractivity contribution in [3.63, 3.8) is 0 Å². The van der Waals surface area contributed by atoms with Crippen LogP contribution in [-0.2, 0) is 0 Å². The van der Waals surface area contributed by atoms with Gasteiger partial charge in [-0.05, 0) is 24.3 Å². The van der Waals surface area contributed by atoms with Gasteiger partial charge < -0.3 is 5.11 Å². The molecule has 1 aromatic carbocycles. The van der Waals surface area contributed by atoms with Crippen molar-refractivity contribution < 1.29 is 9.50 Å². The molecule has 1 atom stereocenters. The van der Waals surface area contributed by atoms with Crippen molar-refractivity contribution in [3.05, 3.63) is 28.0 Å². The number of thioether (sulfide) groups is 1. The summed E-state index contributed by atoms with van der Waals surface area (Å²) >= 11 is 4.65. The first-order chi connectivity index (χ1) is 6.97. The number of aliphatic hydroxyl groups is 1. The summed E-state index contributed by atoms with van der Waals surface area (Å²) in [5.74, 6) is -0.310. The Morgan fingerprint density at radius 3 is 2.47 bits per heavy atom. The van der Waals surface area contributed by atoms with Crippen molar-refractivity contribution in [2.75, 3.05) is 6.26 Å². The van der Waals surface area contributed by atoms with Gasteiger partial charge in [0.2, 0.25) is 0 Å². The third kappa shape index (κ3) is 2.95. The molecule has 1 aromatic rings. The zero-order valence-corrected chi connectivity index (χ0v) is 11.3. The molecule has 0 aliphatic rings. The second kappa shape index (κ2) is 5.32. The van der Waals surface area contributed by atoms with Gasteiger partial charge in [0.15, 0.2) is 0 Å². The minimum Gasteiger partial charge on any atom is -0.388 e. The van der Waals surface area contributed by atoms with Crippen LogP contribution in [0, 0.1) is 11.7 Å². The fourth-order valence-electron chi connectivity index (χ4n) is 1.31. The van der Waals surface area contributed by atoms with Gasteiger partial charge in [0.25, 0.3) is 0 Å². The maximum absolute atomic E-state index is 13.9. The second-order valence-corrected chi connectivity index (χ2v) is 5.46. The van der Waals surface area contributed by atoms with Crippen molar-refractivity contribution in [3.8, 4) is 0 Å². The molecule has 0 amide bonds. The van der Waals surface area contributed by atoms with Crippen molar-refractivity contribution in [2.45, 2.75) is 24.8 Å². The Bertz CT molecular complexity index is 355. The molecular weight excluding hydrogens is 279 g/mol. The fraction of sp³-hybridized carbons (Fsp3) is 0.455. The predicted molar refractivity (Wildman–Crippen MR) is 65.7 cm³/mol. The highest BCUT2D eigenvalue weighted by atomic mass is 79.9. The lowest BCUT2D eigenvalue weighted by molar-refractivity contribution is 0.122. The van der Waals surface area contributed by atoms with E-state index in [0.717, 1.165) is 4.47 Å². The molecule has 1 unspecified atom stereocenters. The molecule has 0 aliphatic heterocycles. The Balaban J connectivity index is 3.22. The Morgan fingerprint density at radius 2 is 2.00 bits per heavy atom. The second-order valence-electron chi connectivity index (χ2n) is 3.70. The van der Waals surface area contributed by atoms with Gasteiger partial charge in [-0.25, -0.2) is 4.39 Å². The molecule has 0 spiro atoms. The highest BCUT2D eigenvalue weighted by Gasteiger charge is 2.19. The minimum absolute atomic E-state index is 0.00325. The summed E-state index contributed by atoms with van der Waals surface area (Å²) in [6.45, 7) is 3.73. The molecule has 0 aliphatic carbocycles. The highest BCUT2D eigenvalue weighted by Crippen LogP contribution is 2.32. The molecule has 0 saturated heterocycles. The number of hydrogen-bond donors (Lipinski definition) is 1. The van der Waals surface area contributed by atoms with Gasteiger partial charge >= 0.3 is 0 Å². The lowest BCUT2D eigenvalue weighted by Gasteiger charge is -2.17. The van der Waals surface area contributed by atoms with Gasteiger partial charge in [0.05, 0.1) is 6.10 Å². The summed E-state index contributed by atoms with van der Waals surface area (Å²) in [5.41, 5.74) is 0.365. The molecule has 0 fully saturated rings. The Morgan fingerprint density at radius 1 is 1.40 bits per heavy atom. The van der Waals surface area contributed by atoms with Crippen molar-refractivity contribution in [2.24, 2.45) is 5.92 Å². The summed E-state index contributed by atoms with van der Waals surface area (Å²) in [4.78, 5) is 0.555. The zero-order valence-electron chi connectivity index (χ0n) is 8.92. The van der Waals surface area contributed by atoms with Crippen LogP contribution in [0.1, 0.15) is 25.5 Å². The average Bonchev–Trinajstić information content (AvgIpc) is 2.19. The molecule has 4 heteroatoms. The molecule has 0 heterocycles. The zero-order chi connectivity index (χ0) is 11.6. The monoisotopic (exact) mass is 292 g/mol. The Kier molecular flexibility index (Phi) is 4.62. The standard InChI is InChI=1S/C11H14BrFOS/c1-6(2)11(14)8-4-7(12)5-9(15-3)10(8)13/h4-6,11,14H,1-3H3. The normalized spacial score (nSPS) is 13.3. The summed E-state index contributed by atoms with van der Waals surface area (Å²) in [5, 5.41) is 9.85. The maximum Gasteiger partial charge on any atom is 0.142 e. The number of aliphatic hydroxyl groups excluding tert-OH is 1. The van der Waals surface area contributed by atoms with E-state index in [1.165, 1.54) is 11.8 Å². The summed E-state index contributed by atoms with van der Waals surface area (Å²) in [6.07, 6.45) is 1.06. The van der Waals surface area contributed by atoms with E-state index in [4.69, 9.17) is 0 Å². The van der Waals surface area contributed by atoms with Gasteiger partial charge in [-0.1, -0.05) is 29.8 Å². The Labute approximate surface area is 102 Å². The van der Waals surface area contributed by atoms with Crippen molar-refractivity contribution in [1.29, 1.82) is 0 Å². The van der Waals surface area contributed by atoms with E-state index in [1.54, 1.807) is 12.1 Å². The molecule has 1 rings (SSSR count). The van der Waals surface area contributed by atoms with Gasteiger partial charge in [-0.2, -0.15) is 0 Å². The maximum atomic E-state index is 13.9. The van der Waals surface area contributed by atoms with Crippen LogP contribution in [0.5, 0.6) is 0 Å². The van der Waals surface area contributed by atoms with E-state index in [-0.39, 0.29) is 11.7 Å². The number of benzene rings is 1. The number of halogens is 2. The lowest BCUT2D eigenvalue weighted by atomic mass is 9.99. The van der Waals surface area contributed by atoms with Crippen LogP contribution in [0.25, 0.3) is 0 Å². The van der Waals surface area contributed by atoms with Crippen molar-refractivity contribution >= 4 is 27.7 Å². The summed E-state index contributed by atoms with van der Waals surface area (Å²) in [6, 6.07) is 3.36. The van der Waals surface area contributed by atoms with Gasteiger partial charge in [-0.15, -0.1) is 11.8 Å². The summed E-state index contributed by atoms with van der Waals surface area (Å²) in [7, 11) is 0. The van der Waals surface area contributed by atoms with Crippen LogP contribution in [0.3, 0.4) is 0 Å². The molecule has 0 bridgehead atoms. The molecule has 84 valence electrons. The first-order valence-electron chi connectivity index (χ1n) is 4.68. The van der Waals surface area contributed by atoms with Gasteiger partial charge in [0, 0.05) is 14.9 Å². The van der Waals surface area contributed by atoms with E-state index in [0.29, 0.717) is 10.5 Å². The van der Waals surface area contributed by atoms with E-state index >= 15 is 0 Å². The van der Waals surface area contributed by atoms with Crippen molar-refractivity contribution in [1.82, 2.24) is 0 Å². The average molecular weight is 293 g/mol. The summed E-state index contributed by atoms with van der Waals surface area (Å²) < 4.78 is 14.7. The molecule has 15 heavy (non-hydrogen) atoms. The fourth-order valence-corrected chi connectivity index (χ4v) is 2.48. The molecule has 0 radical (unpaired) electrons.